The third kappa shape index (κ3) is 5.40. The minimum Gasteiger partial charge on any atom is -0.452 e. The summed E-state index contributed by atoms with van der Waals surface area (Å²) in [6.45, 7) is 0.000678. The second kappa shape index (κ2) is 9.18. The van der Waals surface area contributed by atoms with E-state index in [0.29, 0.717) is 0 Å². The number of benzene rings is 1. The van der Waals surface area contributed by atoms with Crippen LogP contribution in [0.25, 0.3) is 0 Å². The number of nitrogens with zero attached hydrogens (tertiary/aromatic N) is 2. The highest BCUT2D eigenvalue weighted by Gasteiger charge is 2.33. The van der Waals surface area contributed by atoms with E-state index < -0.39 is 55.8 Å². The number of hydrogen-bond donors (Lipinski definition) is 0. The van der Waals surface area contributed by atoms with E-state index in [9.17, 15) is 30.8 Å². The van der Waals surface area contributed by atoms with Crippen molar-refractivity contribution in [3.63, 3.8) is 0 Å². The first-order valence-electron chi connectivity index (χ1n) is 9.52. The van der Waals surface area contributed by atoms with Gasteiger partial charge in [-0.05, 0) is 24.6 Å². The molecule has 1 atom stereocenters. The number of carbonyl (C=O) groups excluding carboxylic acids is 2. The molecule has 0 N–H and O–H groups in total. The van der Waals surface area contributed by atoms with Gasteiger partial charge in [0.15, 0.2) is 16.4 Å². The van der Waals surface area contributed by atoms with E-state index >= 15 is 0 Å². The lowest BCUT2D eigenvalue weighted by Gasteiger charge is -2.26. The van der Waals surface area contributed by atoms with Gasteiger partial charge in [-0.15, -0.1) is 0 Å². The number of hydrogen-bond acceptors (Lipinski definition) is 8. The largest absolute Gasteiger partial charge is 0.452 e. The van der Waals surface area contributed by atoms with E-state index in [2.05, 4.69) is 0 Å². The summed E-state index contributed by atoms with van der Waals surface area (Å²) in [5.74, 6) is -3.02. The summed E-state index contributed by atoms with van der Waals surface area (Å²) in [7, 11) is -5.76. The van der Waals surface area contributed by atoms with Gasteiger partial charge in [0.25, 0.3) is 5.91 Å². The molecule has 0 radical (unpaired) electrons. The predicted molar refractivity (Wildman–Crippen MR) is 106 cm³/mol. The first kappa shape index (κ1) is 23.6. The van der Waals surface area contributed by atoms with Crippen molar-refractivity contribution in [2.24, 2.45) is 0 Å². The lowest BCUT2D eigenvalue weighted by atomic mass is 10.2. The Morgan fingerprint density at radius 2 is 1.97 bits per heavy atom. The highest BCUT2D eigenvalue weighted by Crippen LogP contribution is 2.21. The molecule has 2 fully saturated rings. The number of likely N-dealkylation sites (N-methyl/N-ethyl adjacent to an activating group) is 1. The molecular formula is C18H23FN2O8S2. The summed E-state index contributed by atoms with van der Waals surface area (Å²) in [5.41, 5.74) is -0.617. The molecule has 0 aliphatic carbocycles. The third-order valence-electron chi connectivity index (χ3n) is 5.24. The van der Waals surface area contributed by atoms with E-state index in [-0.39, 0.29) is 49.1 Å². The summed E-state index contributed by atoms with van der Waals surface area (Å²) in [6.07, 6.45) is 0.286. The number of rotatable bonds is 6. The monoisotopic (exact) mass is 478 g/mol. The van der Waals surface area contributed by atoms with Gasteiger partial charge in [-0.3, -0.25) is 4.79 Å². The summed E-state index contributed by atoms with van der Waals surface area (Å²) in [6, 6.07) is 2.26. The molecule has 1 aromatic rings. The molecule has 172 valence electrons. The maximum absolute atomic E-state index is 14.2. The fraction of sp³-hybridized carbons (Fsp3) is 0.556. The Morgan fingerprint density at radius 1 is 1.29 bits per heavy atom. The zero-order chi connectivity index (χ0) is 22.8. The van der Waals surface area contributed by atoms with E-state index in [1.807, 2.05) is 0 Å². The smallest absolute Gasteiger partial charge is 0.341 e. The van der Waals surface area contributed by atoms with Crippen LogP contribution in [0.2, 0.25) is 0 Å². The fourth-order valence-corrected chi connectivity index (χ4v) is 6.56. The molecule has 31 heavy (non-hydrogen) atoms. The first-order valence-corrected chi connectivity index (χ1v) is 12.8. The molecule has 0 aromatic heterocycles. The van der Waals surface area contributed by atoms with Gasteiger partial charge >= 0.3 is 5.97 Å². The molecule has 1 amide bonds. The Balaban J connectivity index is 1.67. The normalized spacial score (nSPS) is 21.5. The van der Waals surface area contributed by atoms with Crippen molar-refractivity contribution in [3.8, 4) is 0 Å². The molecule has 2 heterocycles. The standard InChI is InChI=1S/C18H23FN2O8S2/c1-20(13-4-9-30(24,25)12-13)17(22)11-29-18(23)15-10-14(2-3-16(15)19)31(26,27)21-5-7-28-8-6-21/h2-3,10,13H,4-9,11-12H2,1H3/t13-/m1/s1. The lowest BCUT2D eigenvalue weighted by Crippen LogP contribution is -2.40. The Bertz CT molecular complexity index is 1070. The molecule has 3 rings (SSSR count). The molecule has 0 spiro atoms. The van der Waals surface area contributed by atoms with Gasteiger partial charge in [0, 0.05) is 26.2 Å². The first-order chi connectivity index (χ1) is 14.5. The maximum atomic E-state index is 14.2. The SMILES string of the molecule is CN(C(=O)COC(=O)c1cc(S(=O)(=O)N2CCOCC2)ccc1F)[C@@H]1CCS(=O)(=O)C1. The van der Waals surface area contributed by atoms with Crippen LogP contribution in [-0.2, 0) is 34.1 Å². The lowest BCUT2D eigenvalue weighted by molar-refractivity contribution is -0.134. The van der Waals surface area contributed by atoms with Crippen molar-refractivity contribution >= 4 is 31.7 Å². The van der Waals surface area contributed by atoms with Crippen LogP contribution >= 0.6 is 0 Å². The van der Waals surface area contributed by atoms with Crippen LogP contribution in [0.4, 0.5) is 4.39 Å². The summed E-state index contributed by atoms with van der Waals surface area (Å²) in [5, 5.41) is 0. The third-order valence-corrected chi connectivity index (χ3v) is 8.89. The van der Waals surface area contributed by atoms with E-state index in [4.69, 9.17) is 9.47 Å². The fourth-order valence-electron chi connectivity index (χ4n) is 3.35. The topological polar surface area (TPSA) is 127 Å². The Morgan fingerprint density at radius 3 is 2.58 bits per heavy atom. The molecule has 2 aliphatic rings. The number of esters is 1. The number of ether oxygens (including phenoxy) is 2. The zero-order valence-corrected chi connectivity index (χ0v) is 18.5. The summed E-state index contributed by atoms with van der Waals surface area (Å²) >= 11 is 0. The van der Waals surface area contributed by atoms with Crippen LogP contribution in [0.1, 0.15) is 16.8 Å². The quantitative estimate of drug-likeness (QED) is 0.508. The second-order valence-electron chi connectivity index (χ2n) is 7.30. The Kier molecular flexibility index (Phi) is 6.98. The molecule has 0 bridgehead atoms. The second-order valence-corrected chi connectivity index (χ2v) is 11.5. The van der Waals surface area contributed by atoms with Crippen LogP contribution < -0.4 is 0 Å². The Labute approximate surface area is 179 Å². The number of morpholine rings is 1. The van der Waals surface area contributed by atoms with Crippen molar-refractivity contribution in [1.82, 2.24) is 9.21 Å². The maximum Gasteiger partial charge on any atom is 0.341 e. The van der Waals surface area contributed by atoms with Gasteiger partial charge in [0.05, 0.1) is 35.2 Å². The number of halogens is 1. The van der Waals surface area contributed by atoms with E-state index in [1.165, 1.54) is 16.3 Å². The number of sulfonamides is 1. The molecule has 0 unspecified atom stereocenters. The summed E-state index contributed by atoms with van der Waals surface area (Å²) in [4.78, 5) is 25.5. The van der Waals surface area contributed by atoms with Gasteiger partial charge in [-0.1, -0.05) is 0 Å². The predicted octanol–water partition coefficient (Wildman–Crippen LogP) is -0.351. The minimum absolute atomic E-state index is 0.0231. The van der Waals surface area contributed by atoms with Crippen molar-refractivity contribution in [2.75, 3.05) is 51.5 Å². The van der Waals surface area contributed by atoms with Crippen molar-refractivity contribution in [2.45, 2.75) is 17.4 Å². The molecule has 2 aliphatic heterocycles. The van der Waals surface area contributed by atoms with Gasteiger partial charge in [-0.25, -0.2) is 26.0 Å². The van der Waals surface area contributed by atoms with Gasteiger partial charge < -0.3 is 14.4 Å². The van der Waals surface area contributed by atoms with E-state index in [0.717, 1.165) is 18.2 Å². The van der Waals surface area contributed by atoms with Crippen LogP contribution in [0, 0.1) is 5.82 Å². The van der Waals surface area contributed by atoms with Gasteiger partial charge in [0.2, 0.25) is 10.0 Å². The van der Waals surface area contributed by atoms with Crippen LogP contribution in [-0.4, -0.2) is 95.4 Å². The summed E-state index contributed by atoms with van der Waals surface area (Å²) < 4.78 is 73.9. The molecule has 0 saturated carbocycles. The molecular weight excluding hydrogens is 455 g/mol. The van der Waals surface area contributed by atoms with Gasteiger partial charge in [0.1, 0.15) is 5.82 Å². The number of amides is 1. The zero-order valence-electron chi connectivity index (χ0n) is 16.8. The Hall–Kier alpha value is -2.09. The molecule has 1 aromatic carbocycles. The molecule has 10 nitrogen and oxygen atoms in total. The minimum atomic E-state index is -3.95. The van der Waals surface area contributed by atoms with E-state index in [1.54, 1.807) is 0 Å². The van der Waals surface area contributed by atoms with Gasteiger partial charge in [-0.2, -0.15) is 4.31 Å². The van der Waals surface area contributed by atoms with Crippen molar-refractivity contribution in [1.29, 1.82) is 0 Å². The van der Waals surface area contributed by atoms with Crippen LogP contribution in [0.3, 0.4) is 0 Å². The highest BCUT2D eigenvalue weighted by molar-refractivity contribution is 7.91. The average molecular weight is 479 g/mol. The number of sulfone groups is 1. The average Bonchev–Trinajstić information content (AvgIpc) is 3.11. The van der Waals surface area contributed by atoms with Crippen LogP contribution in [0.5, 0.6) is 0 Å². The number of carbonyl (C=O) groups is 2. The highest BCUT2D eigenvalue weighted by atomic mass is 32.2. The molecule has 13 heteroatoms. The van der Waals surface area contributed by atoms with Crippen molar-refractivity contribution in [3.05, 3.63) is 29.6 Å². The molecule has 2 saturated heterocycles. The van der Waals surface area contributed by atoms with Crippen molar-refractivity contribution < 1.29 is 40.3 Å². The van der Waals surface area contributed by atoms with Crippen LogP contribution in [0.15, 0.2) is 23.1 Å².